The van der Waals surface area contributed by atoms with Crippen LogP contribution in [0.3, 0.4) is 0 Å². The van der Waals surface area contributed by atoms with Crippen LogP contribution < -0.4 is 5.32 Å². The van der Waals surface area contributed by atoms with E-state index in [0.717, 1.165) is 12.1 Å². The number of hydrogen-bond donors (Lipinski definition) is 2. The molecule has 116 valence electrons. The van der Waals surface area contributed by atoms with Crippen molar-refractivity contribution in [1.82, 2.24) is 0 Å². The maximum atomic E-state index is 12.9. The van der Waals surface area contributed by atoms with Crippen molar-refractivity contribution in [3.8, 4) is 0 Å². The predicted molar refractivity (Wildman–Crippen MR) is 80.4 cm³/mol. The molecule has 1 aliphatic rings. The molecule has 5 nitrogen and oxygen atoms in total. The molecule has 23 heavy (non-hydrogen) atoms. The van der Waals surface area contributed by atoms with Crippen LogP contribution in [0.1, 0.15) is 43.1 Å². The van der Waals surface area contributed by atoms with E-state index in [1.165, 1.54) is 24.3 Å². The lowest BCUT2D eigenvalue weighted by molar-refractivity contribution is 0.0695. The van der Waals surface area contributed by atoms with Crippen LogP contribution >= 0.6 is 0 Å². The second-order valence-electron chi connectivity index (χ2n) is 5.20. The highest BCUT2D eigenvalue weighted by Gasteiger charge is 2.28. The Kier molecular flexibility index (Phi) is 3.65. The van der Waals surface area contributed by atoms with Crippen LogP contribution in [0, 0.1) is 5.82 Å². The van der Waals surface area contributed by atoms with Gasteiger partial charge in [-0.25, -0.2) is 9.18 Å². The Labute approximate surface area is 130 Å². The zero-order valence-corrected chi connectivity index (χ0v) is 11.9. The van der Waals surface area contributed by atoms with E-state index in [4.69, 9.17) is 0 Å². The molecular formula is C17H12FNO4. The van der Waals surface area contributed by atoms with Crippen molar-refractivity contribution in [2.45, 2.75) is 12.8 Å². The van der Waals surface area contributed by atoms with Crippen molar-refractivity contribution in [3.63, 3.8) is 0 Å². The fraction of sp³-hybridized carbons (Fsp3) is 0.118. The van der Waals surface area contributed by atoms with Crippen LogP contribution in [-0.4, -0.2) is 22.8 Å². The molecule has 0 aliphatic heterocycles. The summed E-state index contributed by atoms with van der Waals surface area (Å²) < 4.78 is 12.9. The number of hydrogen-bond acceptors (Lipinski definition) is 3. The van der Waals surface area contributed by atoms with Crippen molar-refractivity contribution < 1.29 is 23.9 Å². The van der Waals surface area contributed by atoms with Crippen LogP contribution in [0.25, 0.3) is 0 Å². The Hall–Kier alpha value is -3.02. The summed E-state index contributed by atoms with van der Waals surface area (Å²) in [5, 5.41) is 11.8. The van der Waals surface area contributed by atoms with Crippen molar-refractivity contribution >= 4 is 23.3 Å². The molecule has 0 bridgehead atoms. The lowest BCUT2D eigenvalue weighted by Gasteiger charge is -2.11. The van der Waals surface area contributed by atoms with Gasteiger partial charge in [0, 0.05) is 17.5 Å². The monoisotopic (exact) mass is 313 g/mol. The van der Waals surface area contributed by atoms with E-state index in [9.17, 15) is 23.9 Å². The standard InChI is InChI=1S/C17H12FNO4/c18-10-3-1-9(2-4-10)16(21)19-13-7-5-12(17(22)23)11-6-8-14(20)15(11)13/h1-5,7H,6,8H2,(H,19,21)(H,22,23). The third-order valence-electron chi connectivity index (χ3n) is 3.78. The van der Waals surface area contributed by atoms with E-state index < -0.39 is 17.7 Å². The second kappa shape index (κ2) is 5.64. The summed E-state index contributed by atoms with van der Waals surface area (Å²) in [6, 6.07) is 7.78. The topological polar surface area (TPSA) is 83.5 Å². The van der Waals surface area contributed by atoms with Crippen molar-refractivity contribution in [2.75, 3.05) is 5.32 Å². The van der Waals surface area contributed by atoms with Gasteiger partial charge >= 0.3 is 5.97 Å². The van der Waals surface area contributed by atoms with Crippen LogP contribution in [0.2, 0.25) is 0 Å². The van der Waals surface area contributed by atoms with Crippen molar-refractivity contribution in [2.24, 2.45) is 0 Å². The van der Waals surface area contributed by atoms with Crippen LogP contribution in [0.4, 0.5) is 10.1 Å². The molecule has 2 aromatic carbocycles. The molecule has 0 heterocycles. The largest absolute Gasteiger partial charge is 0.478 e. The number of carboxylic acid groups (broad SMARTS) is 1. The van der Waals surface area contributed by atoms with E-state index >= 15 is 0 Å². The highest BCUT2D eigenvalue weighted by Crippen LogP contribution is 2.32. The lowest BCUT2D eigenvalue weighted by atomic mass is 10.0. The number of benzene rings is 2. The Morgan fingerprint density at radius 2 is 1.74 bits per heavy atom. The number of carbonyl (C=O) groups is 3. The summed E-state index contributed by atoms with van der Waals surface area (Å²) in [5.41, 5.74) is 1.29. The minimum atomic E-state index is -1.10. The number of fused-ring (bicyclic) bond motifs is 1. The maximum absolute atomic E-state index is 12.9. The van der Waals surface area contributed by atoms with Crippen molar-refractivity contribution in [3.05, 3.63) is 64.5 Å². The number of ketones is 1. The SMILES string of the molecule is O=C(Nc1ccc(C(=O)O)c2c1C(=O)CC2)c1ccc(F)cc1. The van der Waals surface area contributed by atoms with Gasteiger partial charge in [-0.1, -0.05) is 0 Å². The molecule has 6 heteroatoms. The van der Waals surface area contributed by atoms with Gasteiger partial charge in [0.2, 0.25) is 0 Å². The highest BCUT2D eigenvalue weighted by molar-refractivity contribution is 6.13. The maximum Gasteiger partial charge on any atom is 0.335 e. The summed E-state index contributed by atoms with van der Waals surface area (Å²) in [6.07, 6.45) is 0.565. The van der Waals surface area contributed by atoms with Gasteiger partial charge < -0.3 is 10.4 Å². The first-order valence-electron chi connectivity index (χ1n) is 6.96. The first kappa shape index (κ1) is 14.9. The van der Waals surface area contributed by atoms with Gasteiger partial charge in [-0.3, -0.25) is 9.59 Å². The van der Waals surface area contributed by atoms with E-state index in [1.54, 1.807) is 0 Å². The molecule has 0 saturated carbocycles. The summed E-state index contributed by atoms with van der Waals surface area (Å²) in [7, 11) is 0. The molecule has 0 saturated heterocycles. The fourth-order valence-electron chi connectivity index (χ4n) is 2.69. The average molecular weight is 313 g/mol. The zero-order valence-electron chi connectivity index (χ0n) is 11.9. The predicted octanol–water partition coefficient (Wildman–Crippen LogP) is 2.91. The molecule has 0 unspecified atom stereocenters. The number of aromatic carboxylic acids is 1. The van der Waals surface area contributed by atoms with Gasteiger partial charge in [0.05, 0.1) is 11.3 Å². The fourth-order valence-corrected chi connectivity index (χ4v) is 2.69. The normalized spacial score (nSPS) is 12.8. The Bertz CT molecular complexity index is 827. The summed E-state index contributed by atoms with van der Waals surface area (Å²) in [5.74, 6) is -2.25. The second-order valence-corrected chi connectivity index (χ2v) is 5.20. The Morgan fingerprint density at radius 3 is 2.39 bits per heavy atom. The first-order valence-corrected chi connectivity index (χ1v) is 6.96. The number of Topliss-reactive ketones (excluding diaryl/α,β-unsaturated/α-hetero) is 1. The number of carboxylic acids is 1. The van der Waals surface area contributed by atoms with Gasteiger partial charge in [0.1, 0.15) is 5.82 Å². The van der Waals surface area contributed by atoms with E-state index in [-0.39, 0.29) is 34.6 Å². The molecular weight excluding hydrogens is 301 g/mol. The molecule has 0 aromatic heterocycles. The Morgan fingerprint density at radius 1 is 1.04 bits per heavy atom. The number of rotatable bonds is 3. The molecule has 0 atom stereocenters. The van der Waals surface area contributed by atoms with Crippen LogP contribution in [0.15, 0.2) is 36.4 Å². The summed E-state index contributed by atoms with van der Waals surface area (Å²) >= 11 is 0. The van der Waals surface area contributed by atoms with Gasteiger partial charge in [-0.05, 0) is 48.4 Å². The summed E-state index contributed by atoms with van der Waals surface area (Å²) in [6.45, 7) is 0. The summed E-state index contributed by atoms with van der Waals surface area (Å²) in [4.78, 5) is 35.4. The number of carbonyl (C=O) groups excluding carboxylic acids is 2. The molecule has 2 N–H and O–H groups in total. The third-order valence-corrected chi connectivity index (χ3v) is 3.78. The van der Waals surface area contributed by atoms with Crippen molar-refractivity contribution in [1.29, 1.82) is 0 Å². The zero-order chi connectivity index (χ0) is 16.6. The van der Waals surface area contributed by atoms with E-state index in [2.05, 4.69) is 5.32 Å². The third kappa shape index (κ3) is 2.70. The van der Waals surface area contributed by atoms with Crippen LogP contribution in [-0.2, 0) is 6.42 Å². The lowest BCUT2D eigenvalue weighted by Crippen LogP contribution is -2.15. The molecule has 2 aromatic rings. The van der Waals surface area contributed by atoms with E-state index in [1.807, 2.05) is 0 Å². The first-order chi connectivity index (χ1) is 11.0. The quantitative estimate of drug-likeness (QED) is 0.912. The molecule has 1 aliphatic carbocycles. The van der Waals surface area contributed by atoms with E-state index in [0.29, 0.717) is 12.0 Å². The molecule has 1 amide bonds. The number of halogens is 1. The average Bonchev–Trinajstić information content (AvgIpc) is 2.90. The van der Waals surface area contributed by atoms with Gasteiger partial charge in [0.15, 0.2) is 5.78 Å². The van der Waals surface area contributed by atoms with Gasteiger partial charge in [-0.15, -0.1) is 0 Å². The number of amides is 1. The van der Waals surface area contributed by atoms with Gasteiger partial charge in [-0.2, -0.15) is 0 Å². The molecule has 0 spiro atoms. The number of anilines is 1. The number of nitrogens with one attached hydrogen (secondary N) is 1. The highest BCUT2D eigenvalue weighted by atomic mass is 19.1. The minimum Gasteiger partial charge on any atom is -0.478 e. The molecule has 0 radical (unpaired) electrons. The molecule has 0 fully saturated rings. The van der Waals surface area contributed by atoms with Gasteiger partial charge in [0.25, 0.3) is 5.91 Å². The van der Waals surface area contributed by atoms with Crippen LogP contribution in [0.5, 0.6) is 0 Å². The smallest absolute Gasteiger partial charge is 0.335 e. The minimum absolute atomic E-state index is 0.0747. The molecule has 3 rings (SSSR count). The Balaban J connectivity index is 1.96.